The molecule has 1 amide bonds. The Morgan fingerprint density at radius 2 is 2.19 bits per heavy atom. The molecule has 1 aromatic carbocycles. The zero-order valence-electron chi connectivity index (χ0n) is 9.10. The summed E-state index contributed by atoms with van der Waals surface area (Å²) in [5.41, 5.74) is 1.79. The van der Waals surface area contributed by atoms with Crippen LogP contribution in [0.4, 0.5) is 5.69 Å². The molecular weight excluding hydrogens is 206 g/mol. The van der Waals surface area contributed by atoms with Crippen LogP contribution in [0.15, 0.2) is 24.3 Å². The van der Waals surface area contributed by atoms with Crippen LogP contribution in [0.1, 0.15) is 12.5 Å². The van der Waals surface area contributed by atoms with Gasteiger partial charge in [0.25, 0.3) is 0 Å². The van der Waals surface area contributed by atoms with Crippen molar-refractivity contribution in [3.8, 4) is 0 Å². The summed E-state index contributed by atoms with van der Waals surface area (Å²) in [6.45, 7) is 2.09. The highest BCUT2D eigenvalue weighted by molar-refractivity contribution is 6.04. The summed E-state index contributed by atoms with van der Waals surface area (Å²) in [5.74, 6) is -0.415. The molecule has 16 heavy (non-hydrogen) atoms. The van der Waals surface area contributed by atoms with Crippen molar-refractivity contribution in [2.75, 3.05) is 18.1 Å². The highest BCUT2D eigenvalue weighted by Crippen LogP contribution is 2.27. The van der Waals surface area contributed by atoms with Gasteiger partial charge in [-0.2, -0.15) is 0 Å². The van der Waals surface area contributed by atoms with E-state index in [0.717, 1.165) is 11.3 Å². The lowest BCUT2D eigenvalue weighted by atomic mass is 10.2. The van der Waals surface area contributed by atoms with Gasteiger partial charge in [-0.05, 0) is 18.6 Å². The number of anilines is 1. The molecule has 0 saturated heterocycles. The number of amides is 1. The number of para-hydroxylation sites is 1. The Morgan fingerprint density at radius 1 is 1.44 bits per heavy atom. The van der Waals surface area contributed by atoms with E-state index >= 15 is 0 Å². The second kappa shape index (κ2) is 4.35. The van der Waals surface area contributed by atoms with E-state index in [9.17, 15) is 9.59 Å². The number of fused-ring (bicyclic) bond motifs is 1. The van der Waals surface area contributed by atoms with Crippen molar-refractivity contribution in [3.05, 3.63) is 29.8 Å². The maximum absolute atomic E-state index is 11.7. The van der Waals surface area contributed by atoms with Crippen LogP contribution in [-0.4, -0.2) is 25.0 Å². The van der Waals surface area contributed by atoms with Crippen LogP contribution in [-0.2, 0) is 20.7 Å². The molecular formula is C12H13NO3. The first-order valence-corrected chi connectivity index (χ1v) is 5.26. The van der Waals surface area contributed by atoms with Crippen molar-refractivity contribution in [1.29, 1.82) is 0 Å². The number of nitrogens with zero attached hydrogens (tertiary/aromatic N) is 1. The molecule has 4 heteroatoms. The van der Waals surface area contributed by atoms with Gasteiger partial charge in [-0.15, -0.1) is 0 Å². The molecule has 1 heterocycles. The highest BCUT2D eigenvalue weighted by atomic mass is 16.5. The van der Waals surface area contributed by atoms with Crippen molar-refractivity contribution >= 4 is 17.6 Å². The van der Waals surface area contributed by atoms with E-state index in [1.807, 2.05) is 24.3 Å². The molecule has 0 unspecified atom stereocenters. The van der Waals surface area contributed by atoms with Crippen LogP contribution in [0.5, 0.6) is 0 Å². The van der Waals surface area contributed by atoms with E-state index < -0.39 is 0 Å². The lowest BCUT2D eigenvalue weighted by Crippen LogP contribution is -2.33. The van der Waals surface area contributed by atoms with Gasteiger partial charge in [-0.25, -0.2) is 0 Å². The number of hydrogen-bond acceptors (Lipinski definition) is 3. The molecule has 0 atom stereocenters. The minimum absolute atomic E-state index is 0.00366. The molecule has 0 saturated carbocycles. The van der Waals surface area contributed by atoms with Crippen molar-refractivity contribution in [2.24, 2.45) is 0 Å². The van der Waals surface area contributed by atoms with Crippen LogP contribution in [0, 0.1) is 0 Å². The van der Waals surface area contributed by atoms with Crippen molar-refractivity contribution in [2.45, 2.75) is 13.3 Å². The largest absolute Gasteiger partial charge is 0.465 e. The van der Waals surface area contributed by atoms with E-state index in [-0.39, 0.29) is 18.4 Å². The molecule has 0 aliphatic carbocycles. The number of carbonyl (C=O) groups is 2. The van der Waals surface area contributed by atoms with Crippen molar-refractivity contribution in [3.63, 3.8) is 0 Å². The molecule has 4 nitrogen and oxygen atoms in total. The van der Waals surface area contributed by atoms with Crippen LogP contribution >= 0.6 is 0 Å². The molecule has 0 fully saturated rings. The second-order valence-corrected chi connectivity index (χ2v) is 3.59. The Bertz CT molecular complexity index is 428. The van der Waals surface area contributed by atoms with Crippen LogP contribution in [0.25, 0.3) is 0 Å². The lowest BCUT2D eigenvalue weighted by molar-refractivity contribution is -0.142. The summed E-state index contributed by atoms with van der Waals surface area (Å²) in [6, 6.07) is 7.49. The number of benzene rings is 1. The van der Waals surface area contributed by atoms with Crippen LogP contribution < -0.4 is 4.90 Å². The fraction of sp³-hybridized carbons (Fsp3) is 0.333. The quantitative estimate of drug-likeness (QED) is 0.716. The van der Waals surface area contributed by atoms with Gasteiger partial charge in [0.1, 0.15) is 6.54 Å². The van der Waals surface area contributed by atoms with Crippen LogP contribution in [0.3, 0.4) is 0 Å². The maximum atomic E-state index is 11.7. The van der Waals surface area contributed by atoms with E-state index in [1.54, 1.807) is 6.92 Å². The van der Waals surface area contributed by atoms with E-state index in [4.69, 9.17) is 4.74 Å². The van der Waals surface area contributed by atoms with E-state index in [1.165, 1.54) is 4.90 Å². The van der Waals surface area contributed by atoms with Crippen molar-refractivity contribution < 1.29 is 14.3 Å². The molecule has 0 N–H and O–H groups in total. The van der Waals surface area contributed by atoms with Gasteiger partial charge < -0.3 is 9.64 Å². The van der Waals surface area contributed by atoms with Crippen molar-refractivity contribution in [1.82, 2.24) is 0 Å². The summed E-state index contributed by atoms with van der Waals surface area (Å²) in [6.07, 6.45) is 0.371. The summed E-state index contributed by atoms with van der Waals surface area (Å²) in [5, 5.41) is 0. The SMILES string of the molecule is CCOC(=O)CN1C(=O)Cc2ccccc21. The monoisotopic (exact) mass is 219 g/mol. The van der Waals surface area contributed by atoms with Gasteiger partial charge in [0.15, 0.2) is 0 Å². The van der Waals surface area contributed by atoms with Crippen LogP contribution in [0.2, 0.25) is 0 Å². The first kappa shape index (κ1) is 10.7. The van der Waals surface area contributed by atoms with Gasteiger partial charge in [-0.1, -0.05) is 18.2 Å². The summed E-state index contributed by atoms with van der Waals surface area (Å²) in [7, 11) is 0. The molecule has 1 aromatic rings. The Kier molecular flexibility index (Phi) is 2.90. The summed E-state index contributed by atoms with van der Waals surface area (Å²) < 4.78 is 4.83. The van der Waals surface area contributed by atoms with Gasteiger partial charge in [0, 0.05) is 5.69 Å². The molecule has 0 aromatic heterocycles. The Hall–Kier alpha value is -1.84. The van der Waals surface area contributed by atoms with E-state index in [0.29, 0.717) is 13.0 Å². The molecule has 84 valence electrons. The van der Waals surface area contributed by atoms with Gasteiger partial charge >= 0.3 is 5.97 Å². The number of rotatable bonds is 3. The zero-order valence-corrected chi connectivity index (χ0v) is 9.10. The lowest BCUT2D eigenvalue weighted by Gasteiger charge is -2.15. The first-order valence-electron chi connectivity index (χ1n) is 5.26. The Morgan fingerprint density at radius 3 is 2.94 bits per heavy atom. The average molecular weight is 219 g/mol. The minimum Gasteiger partial charge on any atom is -0.465 e. The second-order valence-electron chi connectivity index (χ2n) is 3.59. The third-order valence-corrected chi connectivity index (χ3v) is 2.52. The van der Waals surface area contributed by atoms with Gasteiger partial charge in [0.2, 0.25) is 5.91 Å². The average Bonchev–Trinajstić information content (AvgIpc) is 2.56. The smallest absolute Gasteiger partial charge is 0.326 e. The first-order chi connectivity index (χ1) is 7.72. The number of ether oxygens (including phenoxy) is 1. The molecule has 0 spiro atoms. The Labute approximate surface area is 93.8 Å². The third-order valence-electron chi connectivity index (χ3n) is 2.52. The van der Waals surface area contributed by atoms with E-state index in [2.05, 4.69) is 0 Å². The minimum atomic E-state index is -0.368. The molecule has 0 bridgehead atoms. The molecule has 1 aliphatic rings. The summed E-state index contributed by atoms with van der Waals surface area (Å²) in [4.78, 5) is 24.5. The fourth-order valence-electron chi connectivity index (χ4n) is 1.83. The zero-order chi connectivity index (χ0) is 11.5. The number of esters is 1. The predicted octanol–water partition coefficient (Wildman–Crippen LogP) is 1.14. The summed E-state index contributed by atoms with van der Waals surface area (Å²) >= 11 is 0. The third kappa shape index (κ3) is 1.91. The number of carbonyl (C=O) groups excluding carboxylic acids is 2. The highest BCUT2D eigenvalue weighted by Gasteiger charge is 2.28. The molecule has 0 radical (unpaired) electrons. The predicted molar refractivity (Wildman–Crippen MR) is 59.1 cm³/mol. The van der Waals surface area contributed by atoms with Gasteiger partial charge in [0.05, 0.1) is 13.0 Å². The normalized spacial score (nSPS) is 13.8. The van der Waals surface area contributed by atoms with Gasteiger partial charge in [-0.3, -0.25) is 9.59 Å². The maximum Gasteiger partial charge on any atom is 0.326 e. The fourth-order valence-corrected chi connectivity index (χ4v) is 1.83. The topological polar surface area (TPSA) is 46.6 Å². The standard InChI is InChI=1S/C12H13NO3/c1-2-16-12(15)8-13-10-6-4-3-5-9(10)7-11(13)14/h3-6H,2,7-8H2,1H3. The number of hydrogen-bond donors (Lipinski definition) is 0. The molecule has 1 aliphatic heterocycles. The Balaban J connectivity index is 2.16. The molecule has 2 rings (SSSR count).